The normalized spacial score (nSPS) is 19.9. The highest BCUT2D eigenvalue weighted by Crippen LogP contribution is 2.35. The average Bonchev–Trinajstić information content (AvgIpc) is 2.75. The van der Waals surface area contributed by atoms with E-state index < -0.39 is 0 Å². The Morgan fingerprint density at radius 2 is 1.79 bits per heavy atom. The van der Waals surface area contributed by atoms with Crippen LogP contribution >= 0.6 is 24.0 Å². The first-order chi connectivity index (χ1) is 13.6. The number of aromatic nitrogens is 1. The Morgan fingerprint density at radius 3 is 2.45 bits per heavy atom. The quantitative estimate of drug-likeness (QED) is 0.345. The van der Waals surface area contributed by atoms with Crippen molar-refractivity contribution in [3.05, 3.63) is 23.9 Å². The molecule has 1 aromatic heterocycles. The molecule has 0 aromatic carbocycles. The number of hydrogen-bond donors (Lipinski definition) is 2. The van der Waals surface area contributed by atoms with Gasteiger partial charge in [0.15, 0.2) is 5.96 Å². The van der Waals surface area contributed by atoms with Gasteiger partial charge in [0.05, 0.1) is 0 Å². The summed E-state index contributed by atoms with van der Waals surface area (Å²) in [5, 5.41) is 7.14. The summed E-state index contributed by atoms with van der Waals surface area (Å²) >= 11 is 0. The fourth-order valence-electron chi connectivity index (χ4n) is 4.65. The van der Waals surface area contributed by atoms with Gasteiger partial charge in [-0.15, -0.1) is 24.0 Å². The summed E-state index contributed by atoms with van der Waals surface area (Å²) < 4.78 is 0. The number of hydrogen-bond acceptors (Lipinski definition) is 4. The van der Waals surface area contributed by atoms with E-state index in [9.17, 15) is 0 Å². The minimum Gasteiger partial charge on any atom is -0.363 e. The molecule has 164 valence electrons. The van der Waals surface area contributed by atoms with Crippen molar-refractivity contribution in [1.29, 1.82) is 0 Å². The summed E-state index contributed by atoms with van der Waals surface area (Å²) in [6, 6.07) is 4.18. The lowest BCUT2D eigenvalue weighted by molar-refractivity contribution is 0.0368. The van der Waals surface area contributed by atoms with Crippen LogP contribution < -0.4 is 15.5 Å². The van der Waals surface area contributed by atoms with E-state index in [2.05, 4.69) is 37.6 Å². The zero-order valence-corrected chi connectivity index (χ0v) is 20.7. The molecule has 29 heavy (non-hydrogen) atoms. The third-order valence-electron chi connectivity index (χ3n) is 6.35. The van der Waals surface area contributed by atoms with Gasteiger partial charge in [-0.1, -0.05) is 25.7 Å². The average molecular weight is 515 g/mol. The Balaban J connectivity index is 0.00000300. The molecule has 0 spiro atoms. The Labute approximate surface area is 194 Å². The number of halogens is 1. The van der Waals surface area contributed by atoms with Gasteiger partial charge in [0.1, 0.15) is 5.82 Å². The molecule has 1 aliphatic heterocycles. The second kappa shape index (κ2) is 11.9. The third-order valence-corrected chi connectivity index (χ3v) is 6.35. The predicted octanol–water partition coefficient (Wildman–Crippen LogP) is 3.62. The molecule has 7 heteroatoms. The number of rotatable bonds is 6. The number of aliphatic imine (C=N–C) groups is 1. The number of pyridine rings is 1. The van der Waals surface area contributed by atoms with E-state index in [0.29, 0.717) is 5.54 Å². The Bertz CT molecular complexity index is 636. The van der Waals surface area contributed by atoms with Crippen LogP contribution in [0.1, 0.15) is 56.9 Å². The maximum atomic E-state index is 4.47. The molecule has 1 saturated heterocycles. The largest absolute Gasteiger partial charge is 0.363 e. The van der Waals surface area contributed by atoms with E-state index in [1.165, 1.54) is 70.0 Å². The highest BCUT2D eigenvalue weighted by atomic mass is 127. The highest BCUT2D eigenvalue weighted by Gasteiger charge is 2.38. The molecule has 0 unspecified atom stereocenters. The maximum absolute atomic E-state index is 4.47. The first-order valence-corrected chi connectivity index (χ1v) is 10.9. The molecule has 2 aliphatic rings. The first-order valence-electron chi connectivity index (χ1n) is 10.9. The fraction of sp³-hybridized carbons (Fsp3) is 0.727. The van der Waals surface area contributed by atoms with Crippen molar-refractivity contribution < 1.29 is 0 Å². The van der Waals surface area contributed by atoms with E-state index in [0.717, 1.165) is 24.9 Å². The van der Waals surface area contributed by atoms with Crippen LogP contribution in [0.2, 0.25) is 0 Å². The lowest BCUT2D eigenvalue weighted by Gasteiger charge is -2.48. The summed E-state index contributed by atoms with van der Waals surface area (Å²) in [6.45, 7) is 4.27. The summed E-state index contributed by atoms with van der Waals surface area (Å²) in [5.74, 6) is 1.87. The topological polar surface area (TPSA) is 55.8 Å². The zero-order valence-electron chi connectivity index (χ0n) is 18.4. The summed E-state index contributed by atoms with van der Waals surface area (Å²) in [7, 11) is 5.90. The van der Waals surface area contributed by atoms with Gasteiger partial charge in [0.25, 0.3) is 0 Å². The van der Waals surface area contributed by atoms with Crippen molar-refractivity contribution in [3.63, 3.8) is 0 Å². The molecule has 2 fully saturated rings. The number of nitrogens with one attached hydrogen (secondary N) is 2. The molecule has 2 heterocycles. The van der Waals surface area contributed by atoms with Gasteiger partial charge in [-0.2, -0.15) is 0 Å². The molecule has 1 aromatic rings. The monoisotopic (exact) mass is 514 g/mol. The second-order valence-electron chi connectivity index (χ2n) is 8.53. The van der Waals surface area contributed by atoms with Crippen LogP contribution in [0.4, 0.5) is 5.82 Å². The smallest absolute Gasteiger partial charge is 0.191 e. The van der Waals surface area contributed by atoms with Gasteiger partial charge >= 0.3 is 0 Å². The van der Waals surface area contributed by atoms with Gasteiger partial charge in [0, 0.05) is 46.0 Å². The van der Waals surface area contributed by atoms with Crippen molar-refractivity contribution in [2.24, 2.45) is 4.99 Å². The molecule has 2 N–H and O–H groups in total. The van der Waals surface area contributed by atoms with Gasteiger partial charge in [-0.25, -0.2) is 4.98 Å². The van der Waals surface area contributed by atoms with Crippen LogP contribution in [0.15, 0.2) is 23.3 Å². The van der Waals surface area contributed by atoms with Crippen LogP contribution in [0, 0.1) is 0 Å². The van der Waals surface area contributed by atoms with Crippen LogP contribution in [0.3, 0.4) is 0 Å². The van der Waals surface area contributed by atoms with Crippen LogP contribution in [-0.2, 0) is 6.54 Å². The van der Waals surface area contributed by atoms with E-state index in [-0.39, 0.29) is 24.0 Å². The van der Waals surface area contributed by atoms with Crippen LogP contribution in [-0.4, -0.2) is 62.2 Å². The van der Waals surface area contributed by atoms with Gasteiger partial charge in [0.2, 0.25) is 0 Å². The van der Waals surface area contributed by atoms with E-state index in [1.54, 1.807) is 0 Å². The maximum Gasteiger partial charge on any atom is 0.191 e. The third kappa shape index (κ3) is 6.70. The minimum atomic E-state index is 0. The number of anilines is 1. The number of nitrogens with zero attached hydrogens (tertiary/aromatic N) is 4. The van der Waals surface area contributed by atoms with Crippen molar-refractivity contribution in [2.45, 2.75) is 63.5 Å². The Hall–Kier alpha value is -1.09. The Morgan fingerprint density at radius 1 is 1.10 bits per heavy atom. The lowest BCUT2D eigenvalue weighted by atomic mass is 9.79. The van der Waals surface area contributed by atoms with E-state index in [1.807, 2.05) is 32.2 Å². The summed E-state index contributed by atoms with van der Waals surface area (Å²) in [4.78, 5) is 13.7. The molecule has 6 nitrogen and oxygen atoms in total. The number of guanidine groups is 1. The first kappa shape index (κ1) is 24.2. The molecule has 0 atom stereocenters. The van der Waals surface area contributed by atoms with Crippen molar-refractivity contribution >= 4 is 35.8 Å². The van der Waals surface area contributed by atoms with Crippen LogP contribution in [0.5, 0.6) is 0 Å². The van der Waals surface area contributed by atoms with Gasteiger partial charge < -0.3 is 15.5 Å². The molecule has 0 amide bonds. The summed E-state index contributed by atoms with van der Waals surface area (Å²) in [5.41, 5.74) is 1.52. The predicted molar refractivity (Wildman–Crippen MR) is 133 cm³/mol. The van der Waals surface area contributed by atoms with Crippen molar-refractivity contribution in [2.75, 3.05) is 45.7 Å². The molecule has 3 rings (SSSR count). The molecular formula is C22H39IN6. The molecule has 1 aliphatic carbocycles. The van der Waals surface area contributed by atoms with Gasteiger partial charge in [-0.3, -0.25) is 9.89 Å². The lowest BCUT2D eigenvalue weighted by Crippen LogP contribution is -2.59. The van der Waals surface area contributed by atoms with E-state index >= 15 is 0 Å². The zero-order chi connectivity index (χ0) is 19.8. The highest BCUT2D eigenvalue weighted by molar-refractivity contribution is 14.0. The SMILES string of the molecule is CN=C(NCc1ccnc(N(C)C)c1)NCC1(N2CCCCC2)CCCCC1.I. The minimum absolute atomic E-state index is 0. The summed E-state index contributed by atoms with van der Waals surface area (Å²) in [6.07, 6.45) is 12.7. The number of likely N-dealkylation sites (tertiary alicyclic amines) is 1. The molecule has 0 radical (unpaired) electrons. The standard InChI is InChI=1S/C22H38N6.HI/c1-23-21(25-17-19-10-13-24-20(16-19)27(2)3)26-18-22(11-6-4-7-12-22)28-14-8-5-9-15-28;/h10,13,16H,4-9,11-12,14-15,17-18H2,1-3H3,(H2,23,25,26);1H. The number of piperidine rings is 1. The molecule has 1 saturated carbocycles. The fourth-order valence-corrected chi connectivity index (χ4v) is 4.65. The van der Waals surface area contributed by atoms with E-state index in [4.69, 9.17) is 0 Å². The van der Waals surface area contributed by atoms with Gasteiger partial charge in [-0.05, 0) is 56.5 Å². The molecule has 0 bridgehead atoms. The van der Waals surface area contributed by atoms with Crippen molar-refractivity contribution in [1.82, 2.24) is 20.5 Å². The Kier molecular flexibility index (Phi) is 9.95. The second-order valence-corrected chi connectivity index (χ2v) is 8.53. The van der Waals surface area contributed by atoms with Crippen LogP contribution in [0.25, 0.3) is 0 Å². The van der Waals surface area contributed by atoms with Crippen molar-refractivity contribution in [3.8, 4) is 0 Å². The molecular weight excluding hydrogens is 475 g/mol.